The van der Waals surface area contributed by atoms with Crippen LogP contribution >= 0.6 is 0 Å². The minimum Gasteiger partial charge on any atom is -0.377 e. The van der Waals surface area contributed by atoms with E-state index in [1.165, 1.54) is 80.9 Å². The van der Waals surface area contributed by atoms with Gasteiger partial charge in [0.25, 0.3) is 0 Å². The van der Waals surface area contributed by atoms with Gasteiger partial charge in [-0.3, -0.25) is 57.5 Å². The number of rotatable bonds is 12. The minimum atomic E-state index is -4.67. The molecule has 0 aromatic carbocycles. The van der Waals surface area contributed by atoms with E-state index < -0.39 is 217 Å². The van der Waals surface area contributed by atoms with Gasteiger partial charge in [0.2, 0.25) is 70.9 Å². The molecule has 594 valence electrons. The van der Waals surface area contributed by atoms with Crippen LogP contribution in [-0.2, 0) is 62.3 Å². The first-order valence-corrected chi connectivity index (χ1v) is 38.0. The average molecular weight is 1500 g/mol. The quantitative estimate of drug-likeness (QED) is 0.190. The fourth-order valence-electron chi connectivity index (χ4n) is 16.9. The van der Waals surface area contributed by atoms with E-state index in [9.17, 15) is 55.1 Å². The highest BCUT2D eigenvalue weighted by Crippen LogP contribution is 2.45. The maximum Gasteiger partial charge on any atom is 0.391 e. The van der Waals surface area contributed by atoms with Gasteiger partial charge >= 0.3 is 12.4 Å². The van der Waals surface area contributed by atoms with Gasteiger partial charge in [0.15, 0.2) is 0 Å². The van der Waals surface area contributed by atoms with Crippen LogP contribution in [0.25, 0.3) is 0 Å². The Balaban J connectivity index is 1.31. The molecule has 3 saturated heterocycles. The van der Waals surface area contributed by atoms with Crippen molar-refractivity contribution in [1.82, 2.24) is 60.0 Å². The monoisotopic (exact) mass is 1500 g/mol. The number of alkyl halides is 7. The summed E-state index contributed by atoms with van der Waals surface area (Å²) in [7, 11) is 11.0. The number of carbonyl (C=O) groups is 12. The zero-order valence-electron chi connectivity index (χ0n) is 63.4. The lowest BCUT2D eigenvalue weighted by Gasteiger charge is -2.46. The van der Waals surface area contributed by atoms with Crippen LogP contribution in [0.2, 0.25) is 0 Å². The smallest absolute Gasteiger partial charge is 0.377 e. The maximum atomic E-state index is 16.0. The lowest BCUT2D eigenvalue weighted by Crippen LogP contribution is -2.68. The van der Waals surface area contributed by atoms with Gasteiger partial charge in [0.05, 0.1) is 37.5 Å². The molecule has 0 aromatic heterocycles. The number of halogens is 7. The molecular formula is C73H115F7N12O13. The van der Waals surface area contributed by atoms with E-state index in [0.717, 1.165) is 19.6 Å². The fraction of sp³-hybridized carbons (Fsp3) is 0.836. The molecule has 3 aliphatic heterocycles. The van der Waals surface area contributed by atoms with Crippen molar-refractivity contribution < 1.29 is 93.0 Å². The van der Waals surface area contributed by atoms with Gasteiger partial charge < -0.3 is 64.8 Å². The zero-order valence-corrected chi connectivity index (χ0v) is 63.4. The molecule has 12 amide bonds. The first kappa shape index (κ1) is 85.4. The van der Waals surface area contributed by atoms with Gasteiger partial charge in [0.1, 0.15) is 60.0 Å². The van der Waals surface area contributed by atoms with E-state index in [1.54, 1.807) is 27.7 Å². The Labute approximate surface area is 613 Å². The van der Waals surface area contributed by atoms with Gasteiger partial charge in [-0.15, -0.1) is 0 Å². The minimum absolute atomic E-state index is 0.0129. The number of amides is 12. The second kappa shape index (κ2) is 36.8. The summed E-state index contributed by atoms with van der Waals surface area (Å²) in [6.45, 7) is 5.22. The van der Waals surface area contributed by atoms with E-state index in [2.05, 4.69) is 16.0 Å². The number of ether oxygens (including phenoxy) is 1. The van der Waals surface area contributed by atoms with Crippen LogP contribution in [-0.4, -0.2) is 283 Å². The Kier molecular flexibility index (Phi) is 29.9. The molecule has 7 rings (SSSR count). The molecule has 105 heavy (non-hydrogen) atoms. The summed E-state index contributed by atoms with van der Waals surface area (Å²) < 4.78 is 106. The summed E-state index contributed by atoms with van der Waals surface area (Å²) in [5, 5.41) is 8.46. The third-order valence-corrected chi connectivity index (χ3v) is 24.0. The van der Waals surface area contributed by atoms with Crippen molar-refractivity contribution in [2.75, 3.05) is 89.2 Å². The van der Waals surface area contributed by atoms with Crippen molar-refractivity contribution in [2.24, 2.45) is 35.5 Å². The number of fused-ring (bicyclic) bond motifs is 3. The van der Waals surface area contributed by atoms with Gasteiger partial charge in [0, 0.05) is 82.5 Å². The number of likely N-dealkylation sites (N-methyl/N-ethyl adjacent to an activating group) is 7. The van der Waals surface area contributed by atoms with Crippen LogP contribution in [0.5, 0.6) is 0 Å². The summed E-state index contributed by atoms with van der Waals surface area (Å²) in [5.41, 5.74) is -1.65. The van der Waals surface area contributed by atoms with Crippen LogP contribution < -0.4 is 16.0 Å². The van der Waals surface area contributed by atoms with Crippen LogP contribution in [0.3, 0.4) is 0 Å². The highest BCUT2D eigenvalue weighted by molar-refractivity contribution is 6.01. The lowest BCUT2D eigenvalue weighted by atomic mass is 9.74. The van der Waals surface area contributed by atoms with Gasteiger partial charge in [-0.25, -0.2) is 4.39 Å². The largest absolute Gasteiger partial charge is 0.391 e. The molecule has 3 unspecified atom stereocenters. The Morgan fingerprint density at radius 3 is 1.80 bits per heavy atom. The predicted octanol–water partition coefficient (Wildman–Crippen LogP) is 5.99. The number of nitrogens with zero attached hydrogens (tertiary/aromatic N) is 9. The molecule has 0 aromatic rings. The van der Waals surface area contributed by atoms with E-state index in [4.69, 9.17) is 4.74 Å². The molecule has 1 spiro atoms. The van der Waals surface area contributed by atoms with E-state index in [0.29, 0.717) is 57.8 Å². The highest BCUT2D eigenvalue weighted by atomic mass is 19.4. The normalized spacial score (nSPS) is 31.6. The first-order valence-electron chi connectivity index (χ1n) is 38.0. The van der Waals surface area contributed by atoms with E-state index in [1.807, 2.05) is 0 Å². The van der Waals surface area contributed by atoms with Crippen LogP contribution in [0.1, 0.15) is 188 Å². The molecule has 25 nitrogen and oxygen atoms in total. The topological polar surface area (TPSA) is 279 Å². The number of hydrogen-bond donors (Lipinski definition) is 3. The summed E-state index contributed by atoms with van der Waals surface area (Å²) in [6, 6.07) is -10.9. The Morgan fingerprint density at radius 2 is 1.23 bits per heavy atom. The van der Waals surface area contributed by atoms with Crippen LogP contribution in [0.4, 0.5) is 30.7 Å². The second-order valence-corrected chi connectivity index (χ2v) is 31.2. The van der Waals surface area contributed by atoms with Gasteiger partial charge in [-0.1, -0.05) is 52.9 Å². The molecule has 3 N–H and O–H groups in total. The third-order valence-electron chi connectivity index (χ3n) is 24.0. The fourth-order valence-corrected chi connectivity index (χ4v) is 16.9. The highest BCUT2D eigenvalue weighted by Gasteiger charge is 2.55. The van der Waals surface area contributed by atoms with Crippen LogP contribution in [0, 0.1) is 35.5 Å². The Morgan fingerprint density at radius 1 is 0.610 bits per heavy atom. The van der Waals surface area contributed by atoms with Crippen molar-refractivity contribution in [2.45, 2.75) is 267 Å². The molecule has 32 heteroatoms. The van der Waals surface area contributed by atoms with E-state index >= 15 is 33.2 Å². The predicted molar refractivity (Wildman–Crippen MR) is 372 cm³/mol. The molecule has 0 radical (unpaired) electrons. The van der Waals surface area contributed by atoms with Gasteiger partial charge in [-0.05, 0) is 146 Å². The summed E-state index contributed by atoms with van der Waals surface area (Å²) in [4.78, 5) is 191. The molecular weight excluding hydrogens is 1390 g/mol. The molecule has 7 aliphatic rings. The summed E-state index contributed by atoms with van der Waals surface area (Å²) in [6.07, 6.45) is -10.5. The molecule has 4 aliphatic carbocycles. The summed E-state index contributed by atoms with van der Waals surface area (Å²) in [5.74, 6) is -15.1. The number of hydrogen-bond acceptors (Lipinski definition) is 13. The van der Waals surface area contributed by atoms with Crippen molar-refractivity contribution in [3.8, 4) is 0 Å². The van der Waals surface area contributed by atoms with Crippen molar-refractivity contribution in [3.63, 3.8) is 0 Å². The van der Waals surface area contributed by atoms with Crippen molar-refractivity contribution in [1.29, 1.82) is 0 Å². The average Bonchev–Trinajstić information content (AvgIpc) is 1.74. The molecule has 13 atom stereocenters. The third kappa shape index (κ3) is 20.7. The van der Waals surface area contributed by atoms with Crippen molar-refractivity contribution in [3.05, 3.63) is 0 Å². The molecule has 3 heterocycles. The van der Waals surface area contributed by atoms with E-state index in [-0.39, 0.29) is 103 Å². The first-order chi connectivity index (χ1) is 49.3. The molecule has 7 fully saturated rings. The second-order valence-electron chi connectivity index (χ2n) is 31.2. The molecule has 2 bridgehead atoms. The molecule has 4 saturated carbocycles. The zero-order chi connectivity index (χ0) is 77.9. The number of carbonyl (C=O) groups excluding carboxylic acids is 12. The SMILES string of the molecule is CCO[C@@H]1C[C@H]2C(=O)NC3(CCC3)C(=O)N(C)[C@@H](C3CCCC3)C(=O)N(C)[C@H](C(=O)N(C)C)CC(=O)N(C)[C@@H](CC)C(=O)N[C@@H]([C@@H](C)CC)C(=O)N(C)CC(=O)N(C)[C@H]3CCCCCN(C3=O)[C@@H](CC3CCC(C(F)(F)F)CC3)C(=O)N(C)CC(=O)N[C@@H](CCC3CCC(C(F)(F)F)CC3F)C(=O)N2C1. The maximum absolute atomic E-state index is 16.0. The van der Waals surface area contributed by atoms with Gasteiger partial charge in [-0.2, -0.15) is 26.3 Å². The number of nitrogens with one attached hydrogen (secondary N) is 3. The lowest BCUT2D eigenvalue weighted by molar-refractivity contribution is -0.190. The Hall–Kier alpha value is -6.89. The Bertz CT molecular complexity index is 3090. The van der Waals surface area contributed by atoms with Crippen LogP contribution in [0.15, 0.2) is 0 Å². The van der Waals surface area contributed by atoms with Crippen molar-refractivity contribution >= 4 is 70.9 Å². The summed E-state index contributed by atoms with van der Waals surface area (Å²) >= 11 is 0. The standard InChI is InChI=1S/C73H115F7N12O13/c1-13-43(4)60-68(102)86(8)42-59(95)88(10)53-24-17-16-20-35-91(67(53)101)56(36-44-25-29-47(30-26-44)72(75,76)77)66(100)85(7)41-57(93)81-51(32-28-45-27-31-48(37-50(45)74)73(78,79)80)64(98)92-40-49(105-15-3)38-54(92)63(97)83-71(33-21-34-71)70(104)90(12)61(46-22-18-19-23-46)69(103)89(11)55(65(99)84(5)6)39-58(94)87(9)52(14-2)62(96)82-60/h43-56,60-61H,13-42H2,1-12H3,(H,81,93)(H,82,96)(H,83,97)/t43-,44?,45?,47?,48?,49+,50?,51-,52-,53-,54-,55-,56-,60-,61-/m0/s1.